The Hall–Kier alpha value is -2.18. The first-order valence-electron chi connectivity index (χ1n) is 9.41. The van der Waals surface area contributed by atoms with Crippen molar-refractivity contribution < 1.29 is 8.83 Å². The van der Waals surface area contributed by atoms with Gasteiger partial charge in [0.2, 0.25) is 0 Å². The van der Waals surface area contributed by atoms with Crippen molar-refractivity contribution in [2.24, 2.45) is 9.98 Å². The van der Waals surface area contributed by atoms with E-state index in [1.54, 1.807) is 12.5 Å². The van der Waals surface area contributed by atoms with Gasteiger partial charge in [0.25, 0.3) is 0 Å². The smallest absolute Gasteiger partial charge is 0.144 e. The monoisotopic (exact) mass is 356 g/mol. The SMILES string of the molecule is C(=NCCCN1CCN(CCCN=Cc2ccco2)CC1)c1ccco1. The van der Waals surface area contributed by atoms with Gasteiger partial charge in [0.15, 0.2) is 0 Å². The molecule has 6 heteroatoms. The van der Waals surface area contributed by atoms with Crippen molar-refractivity contribution in [3.63, 3.8) is 0 Å². The van der Waals surface area contributed by atoms with Crippen LogP contribution in [0.5, 0.6) is 0 Å². The van der Waals surface area contributed by atoms with Crippen molar-refractivity contribution in [2.75, 3.05) is 52.4 Å². The van der Waals surface area contributed by atoms with Crippen LogP contribution in [-0.4, -0.2) is 74.6 Å². The molecule has 1 fully saturated rings. The van der Waals surface area contributed by atoms with E-state index >= 15 is 0 Å². The van der Waals surface area contributed by atoms with Crippen molar-refractivity contribution in [3.05, 3.63) is 48.3 Å². The molecule has 0 spiro atoms. The predicted octanol–water partition coefficient (Wildman–Crippen LogP) is 2.81. The zero-order valence-corrected chi connectivity index (χ0v) is 15.3. The Morgan fingerprint density at radius 1 is 0.769 bits per heavy atom. The molecule has 0 unspecified atom stereocenters. The molecule has 140 valence electrons. The fourth-order valence-corrected chi connectivity index (χ4v) is 3.05. The molecule has 3 rings (SSSR count). The van der Waals surface area contributed by atoms with Crippen molar-refractivity contribution in [2.45, 2.75) is 12.8 Å². The summed E-state index contributed by atoms with van der Waals surface area (Å²) in [7, 11) is 0. The van der Waals surface area contributed by atoms with Gasteiger partial charge in [-0.05, 0) is 50.2 Å². The lowest BCUT2D eigenvalue weighted by molar-refractivity contribution is 0.131. The second-order valence-electron chi connectivity index (χ2n) is 6.49. The third-order valence-electron chi connectivity index (χ3n) is 4.51. The molecule has 2 aromatic rings. The normalized spacial score (nSPS) is 16.9. The predicted molar refractivity (Wildman–Crippen MR) is 104 cm³/mol. The molecule has 2 aromatic heterocycles. The Morgan fingerprint density at radius 2 is 1.23 bits per heavy atom. The van der Waals surface area contributed by atoms with Crippen LogP contribution in [0, 0.1) is 0 Å². The van der Waals surface area contributed by atoms with Crippen LogP contribution < -0.4 is 0 Å². The van der Waals surface area contributed by atoms with Gasteiger partial charge in [-0.1, -0.05) is 0 Å². The van der Waals surface area contributed by atoms with Gasteiger partial charge in [-0.15, -0.1) is 0 Å². The van der Waals surface area contributed by atoms with Gasteiger partial charge >= 0.3 is 0 Å². The Bertz CT molecular complexity index is 583. The Morgan fingerprint density at radius 3 is 1.62 bits per heavy atom. The lowest BCUT2D eigenvalue weighted by atomic mass is 10.2. The highest BCUT2D eigenvalue weighted by Crippen LogP contribution is 2.04. The number of piperazine rings is 1. The third kappa shape index (κ3) is 6.61. The number of furan rings is 2. The van der Waals surface area contributed by atoms with Crippen LogP contribution in [0.25, 0.3) is 0 Å². The molecule has 0 bridgehead atoms. The zero-order chi connectivity index (χ0) is 17.9. The second-order valence-corrected chi connectivity index (χ2v) is 6.49. The molecule has 1 aliphatic rings. The Labute approximate surface area is 155 Å². The maximum atomic E-state index is 5.23. The summed E-state index contributed by atoms with van der Waals surface area (Å²) in [6, 6.07) is 7.61. The first kappa shape index (κ1) is 18.6. The Kier molecular flexibility index (Phi) is 7.68. The van der Waals surface area contributed by atoms with E-state index in [4.69, 9.17) is 8.83 Å². The summed E-state index contributed by atoms with van der Waals surface area (Å²) in [5.41, 5.74) is 0. The molecule has 0 N–H and O–H groups in total. The van der Waals surface area contributed by atoms with E-state index in [9.17, 15) is 0 Å². The molecule has 0 aliphatic carbocycles. The average molecular weight is 356 g/mol. The molecule has 0 aromatic carbocycles. The van der Waals surface area contributed by atoms with E-state index in [-0.39, 0.29) is 0 Å². The first-order valence-corrected chi connectivity index (χ1v) is 9.41. The number of rotatable bonds is 10. The second kappa shape index (κ2) is 10.7. The quantitative estimate of drug-likeness (QED) is 0.485. The van der Waals surface area contributed by atoms with E-state index < -0.39 is 0 Å². The van der Waals surface area contributed by atoms with Crippen LogP contribution in [0.15, 0.2) is 55.6 Å². The van der Waals surface area contributed by atoms with Crippen molar-refractivity contribution in [1.82, 2.24) is 9.80 Å². The molecule has 3 heterocycles. The fraction of sp³-hybridized carbons (Fsp3) is 0.500. The summed E-state index contributed by atoms with van der Waals surface area (Å²) < 4.78 is 10.5. The van der Waals surface area contributed by atoms with Crippen LogP contribution in [0.1, 0.15) is 24.4 Å². The summed E-state index contributed by atoms with van der Waals surface area (Å²) in [5, 5.41) is 0. The molecule has 0 saturated carbocycles. The lowest BCUT2D eigenvalue weighted by Crippen LogP contribution is -2.46. The van der Waals surface area contributed by atoms with Crippen LogP contribution in [0.3, 0.4) is 0 Å². The van der Waals surface area contributed by atoms with E-state index in [0.717, 1.165) is 76.7 Å². The van der Waals surface area contributed by atoms with Gasteiger partial charge < -0.3 is 18.6 Å². The number of aliphatic imine (C=N–C) groups is 2. The summed E-state index contributed by atoms with van der Waals surface area (Å²) in [6.07, 6.45) is 9.16. The summed E-state index contributed by atoms with van der Waals surface area (Å²) in [5.74, 6) is 1.65. The third-order valence-corrected chi connectivity index (χ3v) is 4.51. The largest absolute Gasteiger partial charge is 0.463 e. The molecule has 0 radical (unpaired) electrons. The Balaban J connectivity index is 1.20. The maximum Gasteiger partial charge on any atom is 0.144 e. The molecule has 6 nitrogen and oxygen atoms in total. The van der Waals surface area contributed by atoms with Crippen LogP contribution in [0.2, 0.25) is 0 Å². The van der Waals surface area contributed by atoms with Crippen molar-refractivity contribution in [1.29, 1.82) is 0 Å². The van der Waals surface area contributed by atoms with Gasteiger partial charge in [-0.25, -0.2) is 0 Å². The molecule has 0 atom stereocenters. The molecule has 1 saturated heterocycles. The molecule has 0 amide bonds. The van der Waals surface area contributed by atoms with Gasteiger partial charge in [0.05, 0.1) is 25.0 Å². The molecular formula is C20H28N4O2. The zero-order valence-electron chi connectivity index (χ0n) is 15.3. The maximum absolute atomic E-state index is 5.23. The van der Waals surface area contributed by atoms with Crippen molar-refractivity contribution in [3.8, 4) is 0 Å². The molecule has 26 heavy (non-hydrogen) atoms. The first-order chi connectivity index (χ1) is 12.9. The lowest BCUT2D eigenvalue weighted by Gasteiger charge is -2.34. The highest BCUT2D eigenvalue weighted by molar-refractivity contribution is 5.75. The minimum atomic E-state index is 0.826. The van der Waals surface area contributed by atoms with Crippen LogP contribution in [0.4, 0.5) is 0 Å². The van der Waals surface area contributed by atoms with Crippen molar-refractivity contribution >= 4 is 12.4 Å². The van der Waals surface area contributed by atoms with Crippen LogP contribution >= 0.6 is 0 Å². The molecule has 1 aliphatic heterocycles. The van der Waals surface area contributed by atoms with E-state index in [0.29, 0.717) is 0 Å². The number of hydrogen-bond acceptors (Lipinski definition) is 6. The highest BCUT2D eigenvalue weighted by atomic mass is 16.3. The highest BCUT2D eigenvalue weighted by Gasteiger charge is 2.15. The van der Waals surface area contributed by atoms with Crippen LogP contribution in [-0.2, 0) is 0 Å². The van der Waals surface area contributed by atoms with Gasteiger partial charge in [0.1, 0.15) is 11.5 Å². The van der Waals surface area contributed by atoms with Gasteiger partial charge in [-0.2, -0.15) is 0 Å². The number of nitrogens with zero attached hydrogens (tertiary/aromatic N) is 4. The fourth-order valence-electron chi connectivity index (χ4n) is 3.05. The van der Waals surface area contributed by atoms with E-state index in [1.807, 2.05) is 36.7 Å². The van der Waals surface area contributed by atoms with E-state index in [2.05, 4.69) is 19.8 Å². The summed E-state index contributed by atoms with van der Waals surface area (Å²) in [6.45, 7) is 8.56. The number of hydrogen-bond donors (Lipinski definition) is 0. The molecular weight excluding hydrogens is 328 g/mol. The summed E-state index contributed by atoms with van der Waals surface area (Å²) in [4.78, 5) is 13.9. The topological polar surface area (TPSA) is 57.5 Å². The minimum absolute atomic E-state index is 0.826. The standard InChI is InChI=1S/C20H28N4O2/c1-5-19(25-15-1)17-21-7-3-9-23-11-13-24(14-12-23)10-4-8-22-18-20-6-2-16-26-20/h1-2,5-6,15-18H,3-4,7-14H2. The minimum Gasteiger partial charge on any atom is -0.463 e. The van der Waals surface area contributed by atoms with Gasteiger partial charge in [0, 0.05) is 39.3 Å². The average Bonchev–Trinajstić information content (AvgIpc) is 3.36. The summed E-state index contributed by atoms with van der Waals surface area (Å²) >= 11 is 0. The van der Waals surface area contributed by atoms with E-state index in [1.165, 1.54) is 0 Å². The van der Waals surface area contributed by atoms with Gasteiger partial charge in [-0.3, -0.25) is 9.98 Å².